The average molecular weight is 384 g/mol. The van der Waals surface area contributed by atoms with E-state index in [1.165, 1.54) is 0 Å². The van der Waals surface area contributed by atoms with Crippen molar-refractivity contribution in [1.29, 1.82) is 0 Å². The third kappa shape index (κ3) is 4.85. The first-order chi connectivity index (χ1) is 10.5. The Morgan fingerprint density at radius 1 is 1.21 bits per heavy atom. The Labute approximate surface area is 132 Å². The van der Waals surface area contributed by atoms with Crippen LogP contribution in [0.2, 0.25) is 0 Å². The fraction of sp³-hybridized carbons (Fsp3) is 0.600. The summed E-state index contributed by atoms with van der Waals surface area (Å²) in [6.45, 7) is 2.04. The van der Waals surface area contributed by atoms with Gasteiger partial charge in [-0.25, -0.2) is 13.2 Å². The molecule has 140 valence electrons. The van der Waals surface area contributed by atoms with Gasteiger partial charge in [-0.2, -0.15) is 22.0 Å². The molecule has 1 atom stereocenters. The highest BCUT2D eigenvalue weighted by atomic mass is 32.2. The Kier molecular flexibility index (Phi) is 6.46. The molecule has 0 saturated heterocycles. The number of carbonyl (C=O) groups excluding carboxylic acids is 2. The van der Waals surface area contributed by atoms with Crippen LogP contribution in [0.1, 0.15) is 13.3 Å². The van der Waals surface area contributed by atoms with E-state index in [1.807, 2.05) is 0 Å². The fourth-order valence-electron chi connectivity index (χ4n) is 1.09. The van der Waals surface area contributed by atoms with Gasteiger partial charge in [0.15, 0.2) is 10.1 Å². The highest BCUT2D eigenvalue weighted by Crippen LogP contribution is 2.36. The number of halogens is 5. The van der Waals surface area contributed by atoms with Gasteiger partial charge in [0.05, 0.1) is 6.61 Å². The van der Waals surface area contributed by atoms with E-state index >= 15 is 0 Å². The molecule has 0 aromatic carbocycles. The van der Waals surface area contributed by atoms with Crippen LogP contribution in [0.4, 0.5) is 22.0 Å². The van der Waals surface area contributed by atoms with Crippen LogP contribution < -0.4 is 5.73 Å². The third-order valence-electron chi connectivity index (χ3n) is 2.35. The largest absolute Gasteiger partial charge is 0.743 e. The van der Waals surface area contributed by atoms with Crippen molar-refractivity contribution in [3.63, 3.8) is 0 Å². The molecule has 0 bridgehead atoms. The summed E-state index contributed by atoms with van der Waals surface area (Å²) in [6, 6.07) is 0. The topological polar surface area (TPSA) is 136 Å². The second-order valence-corrected chi connectivity index (χ2v) is 5.84. The summed E-state index contributed by atoms with van der Waals surface area (Å²) >= 11 is 0. The normalized spacial score (nSPS) is 15.5. The van der Waals surface area contributed by atoms with Crippen molar-refractivity contribution in [2.24, 2.45) is 5.73 Å². The maximum Gasteiger partial charge on any atom is 0.466 e. The summed E-state index contributed by atoms with van der Waals surface area (Å²) in [6.07, 6.45) is -7.84. The molecule has 0 rings (SSSR count). The van der Waals surface area contributed by atoms with Crippen LogP contribution in [0.15, 0.2) is 12.2 Å². The summed E-state index contributed by atoms with van der Waals surface area (Å²) in [5.41, 5.74) is 3.87. The maximum atomic E-state index is 13.0. The van der Waals surface area contributed by atoms with E-state index < -0.39 is 57.8 Å². The van der Waals surface area contributed by atoms with Gasteiger partial charge in [0.25, 0.3) is 0 Å². The Morgan fingerprint density at radius 3 is 1.96 bits per heavy atom. The molecule has 0 aromatic rings. The Balaban J connectivity index is 5.55. The van der Waals surface area contributed by atoms with E-state index in [-0.39, 0.29) is 0 Å². The number of amides is 1. The van der Waals surface area contributed by atoms with Crippen LogP contribution >= 0.6 is 0 Å². The van der Waals surface area contributed by atoms with Gasteiger partial charge in [-0.05, 0) is 6.92 Å². The van der Waals surface area contributed by atoms with Crippen LogP contribution in [-0.2, 0) is 29.2 Å². The van der Waals surface area contributed by atoms with Gasteiger partial charge in [-0.15, -0.1) is 0 Å². The van der Waals surface area contributed by atoms with E-state index in [0.29, 0.717) is 0 Å². The van der Waals surface area contributed by atoms with Gasteiger partial charge in [0.2, 0.25) is 0 Å². The zero-order valence-electron chi connectivity index (χ0n) is 11.9. The van der Waals surface area contributed by atoms with Crippen molar-refractivity contribution in [3.05, 3.63) is 12.2 Å². The number of carbonyl (C=O) groups is 2. The van der Waals surface area contributed by atoms with Gasteiger partial charge < -0.3 is 19.8 Å². The maximum absolute atomic E-state index is 13.0. The lowest BCUT2D eigenvalue weighted by Gasteiger charge is -2.32. The van der Waals surface area contributed by atoms with Gasteiger partial charge in [-0.1, -0.05) is 6.58 Å². The molecule has 0 aliphatic heterocycles. The van der Waals surface area contributed by atoms with Crippen molar-refractivity contribution in [2.45, 2.75) is 30.6 Å². The smallest absolute Gasteiger partial charge is 0.466 e. The molecular formula is C10H11F5NO7S-. The van der Waals surface area contributed by atoms with Gasteiger partial charge in [0, 0.05) is 12.0 Å². The summed E-state index contributed by atoms with van der Waals surface area (Å²) in [7, 11) is -6.19. The molecule has 0 fully saturated rings. The molecule has 0 radical (unpaired) electrons. The van der Waals surface area contributed by atoms with E-state index in [0.717, 1.165) is 6.92 Å². The standard InChI is InChI=1S/C10H12F5NO7S/c1-5(2)6(17)23-9(7(16)18,10(13,14)15)22-4-3-8(11,12)24(19,20)21/h1,3-4H2,2H3,(H2,16,18)(H,19,20,21)/p-1. The molecule has 14 heteroatoms. The molecule has 0 spiro atoms. The average Bonchev–Trinajstić information content (AvgIpc) is 2.33. The van der Waals surface area contributed by atoms with E-state index in [1.54, 1.807) is 0 Å². The number of esters is 1. The number of rotatable bonds is 8. The molecule has 1 unspecified atom stereocenters. The van der Waals surface area contributed by atoms with Crippen LogP contribution in [0, 0.1) is 0 Å². The zero-order chi connectivity index (χ0) is 19.6. The fourth-order valence-corrected chi connectivity index (χ4v) is 1.42. The van der Waals surface area contributed by atoms with Crippen LogP contribution in [0.5, 0.6) is 0 Å². The molecule has 0 heterocycles. The number of hydrogen-bond donors (Lipinski definition) is 1. The second kappa shape index (κ2) is 6.98. The molecule has 0 saturated carbocycles. The van der Waals surface area contributed by atoms with Crippen molar-refractivity contribution in [3.8, 4) is 0 Å². The lowest BCUT2D eigenvalue weighted by Crippen LogP contribution is -2.60. The predicted octanol–water partition coefficient (Wildman–Crippen LogP) is 0.394. The molecular weight excluding hydrogens is 373 g/mol. The monoisotopic (exact) mass is 384 g/mol. The van der Waals surface area contributed by atoms with Crippen molar-refractivity contribution >= 4 is 22.0 Å². The number of ether oxygens (including phenoxy) is 2. The van der Waals surface area contributed by atoms with Crippen LogP contribution in [0.25, 0.3) is 0 Å². The molecule has 2 N–H and O–H groups in total. The molecule has 24 heavy (non-hydrogen) atoms. The number of primary amides is 1. The predicted molar refractivity (Wildman–Crippen MR) is 64.1 cm³/mol. The summed E-state index contributed by atoms with van der Waals surface area (Å²) in [5.74, 6) is -8.67. The lowest BCUT2D eigenvalue weighted by atomic mass is 10.2. The summed E-state index contributed by atoms with van der Waals surface area (Å²) in [5, 5.41) is -4.99. The number of alkyl halides is 5. The van der Waals surface area contributed by atoms with Crippen LogP contribution in [-0.4, -0.2) is 48.7 Å². The summed E-state index contributed by atoms with van der Waals surface area (Å²) < 4.78 is 103. The van der Waals surface area contributed by atoms with Gasteiger partial charge in [-0.3, -0.25) is 4.79 Å². The summed E-state index contributed by atoms with van der Waals surface area (Å²) in [4.78, 5) is 22.3. The first kappa shape index (κ1) is 22.2. The highest BCUT2D eigenvalue weighted by Gasteiger charge is 2.65. The molecule has 0 aromatic heterocycles. The van der Waals surface area contributed by atoms with Gasteiger partial charge >= 0.3 is 29.1 Å². The molecule has 0 aliphatic rings. The number of hydrogen-bond acceptors (Lipinski definition) is 7. The Morgan fingerprint density at radius 2 is 1.67 bits per heavy atom. The SMILES string of the molecule is C=C(C)C(=O)OC(OCCC(F)(F)S(=O)(=O)[O-])(C(N)=O)C(F)(F)F. The minimum Gasteiger partial charge on any atom is -0.743 e. The van der Waals surface area contributed by atoms with Crippen LogP contribution in [0.3, 0.4) is 0 Å². The minimum absolute atomic E-state index is 0.610. The molecule has 8 nitrogen and oxygen atoms in total. The quantitative estimate of drug-likeness (QED) is 0.210. The van der Waals surface area contributed by atoms with E-state index in [4.69, 9.17) is 0 Å². The van der Waals surface area contributed by atoms with Gasteiger partial charge in [0.1, 0.15) is 0 Å². The second-order valence-electron chi connectivity index (χ2n) is 4.34. The Bertz CT molecular complexity index is 630. The first-order valence-corrected chi connectivity index (χ1v) is 7.11. The van der Waals surface area contributed by atoms with E-state index in [2.05, 4.69) is 21.8 Å². The van der Waals surface area contributed by atoms with Crippen molar-refractivity contribution in [2.75, 3.05) is 6.61 Å². The minimum atomic E-state index is -6.19. The number of nitrogens with two attached hydrogens (primary N) is 1. The van der Waals surface area contributed by atoms with E-state index in [9.17, 15) is 44.5 Å². The molecule has 1 amide bonds. The zero-order valence-corrected chi connectivity index (χ0v) is 12.7. The first-order valence-electron chi connectivity index (χ1n) is 5.70. The van der Waals surface area contributed by atoms with Crippen molar-refractivity contribution < 1.29 is 54.0 Å². The third-order valence-corrected chi connectivity index (χ3v) is 3.28. The Hall–Kier alpha value is -1.80. The molecule has 0 aliphatic carbocycles. The highest BCUT2D eigenvalue weighted by molar-refractivity contribution is 7.86. The lowest BCUT2D eigenvalue weighted by molar-refractivity contribution is -0.347. The van der Waals surface area contributed by atoms with Crippen molar-refractivity contribution in [1.82, 2.24) is 0 Å².